The van der Waals surface area contributed by atoms with Crippen LogP contribution >= 0.6 is 11.8 Å². The Morgan fingerprint density at radius 1 is 1.04 bits per heavy atom. The number of aryl methyl sites for hydroxylation is 3. The zero-order chi connectivity index (χ0) is 18.7. The lowest BCUT2D eigenvalue weighted by Crippen LogP contribution is -2.32. The standard InChI is InChI=1S/C22H24N2OS/c1-5-24(18-10-6-8-15(2)12-18)21(25)14-26-20-13-17(4)19-11-7-9-16(3)22(19)23-20/h6-13H,5,14H2,1-4H3. The van der Waals surface area contributed by atoms with Gasteiger partial charge in [0.1, 0.15) is 0 Å². The molecule has 134 valence electrons. The van der Waals surface area contributed by atoms with Crippen molar-refractivity contribution in [3.8, 4) is 0 Å². The van der Waals surface area contributed by atoms with Crippen molar-refractivity contribution in [2.45, 2.75) is 32.7 Å². The molecule has 0 radical (unpaired) electrons. The van der Waals surface area contributed by atoms with Gasteiger partial charge in [0.2, 0.25) is 5.91 Å². The number of aromatic nitrogens is 1. The summed E-state index contributed by atoms with van der Waals surface area (Å²) in [5.41, 5.74) is 5.49. The van der Waals surface area contributed by atoms with E-state index in [0.29, 0.717) is 12.3 Å². The molecule has 0 aliphatic rings. The number of fused-ring (bicyclic) bond motifs is 1. The van der Waals surface area contributed by atoms with Gasteiger partial charge in [0, 0.05) is 17.6 Å². The van der Waals surface area contributed by atoms with Crippen LogP contribution in [0.1, 0.15) is 23.6 Å². The number of benzene rings is 2. The number of pyridine rings is 1. The predicted octanol–water partition coefficient (Wildman–Crippen LogP) is 5.31. The molecule has 0 atom stereocenters. The van der Waals surface area contributed by atoms with Gasteiger partial charge in [-0.05, 0) is 62.6 Å². The number of carbonyl (C=O) groups is 1. The maximum atomic E-state index is 12.8. The molecule has 0 unspecified atom stereocenters. The van der Waals surface area contributed by atoms with Gasteiger partial charge in [-0.1, -0.05) is 42.1 Å². The molecule has 1 amide bonds. The summed E-state index contributed by atoms with van der Waals surface area (Å²) < 4.78 is 0. The van der Waals surface area contributed by atoms with Crippen molar-refractivity contribution in [2.24, 2.45) is 0 Å². The van der Waals surface area contributed by atoms with Gasteiger partial charge in [-0.3, -0.25) is 4.79 Å². The van der Waals surface area contributed by atoms with Gasteiger partial charge in [-0.25, -0.2) is 4.98 Å². The van der Waals surface area contributed by atoms with Gasteiger partial charge in [0.25, 0.3) is 0 Å². The number of carbonyl (C=O) groups excluding carboxylic acids is 1. The summed E-state index contributed by atoms with van der Waals surface area (Å²) in [5, 5.41) is 2.08. The molecule has 0 fully saturated rings. The van der Waals surface area contributed by atoms with Crippen molar-refractivity contribution in [3.05, 3.63) is 65.2 Å². The Labute approximate surface area is 159 Å². The third-order valence-corrected chi connectivity index (χ3v) is 5.39. The van der Waals surface area contributed by atoms with Crippen LogP contribution in [0.2, 0.25) is 0 Å². The van der Waals surface area contributed by atoms with E-state index < -0.39 is 0 Å². The quantitative estimate of drug-likeness (QED) is 0.576. The number of anilines is 1. The van der Waals surface area contributed by atoms with E-state index in [1.165, 1.54) is 22.7 Å². The van der Waals surface area contributed by atoms with E-state index in [0.717, 1.165) is 27.4 Å². The van der Waals surface area contributed by atoms with Gasteiger partial charge in [-0.2, -0.15) is 0 Å². The first-order valence-electron chi connectivity index (χ1n) is 8.86. The second kappa shape index (κ2) is 7.92. The molecule has 1 aromatic heterocycles. The van der Waals surface area contributed by atoms with E-state index in [1.807, 2.05) is 43.0 Å². The number of thioether (sulfide) groups is 1. The van der Waals surface area contributed by atoms with Crippen LogP contribution in [0, 0.1) is 20.8 Å². The normalized spacial score (nSPS) is 10.9. The van der Waals surface area contributed by atoms with Gasteiger partial charge in [0.05, 0.1) is 16.3 Å². The van der Waals surface area contributed by atoms with Crippen molar-refractivity contribution in [2.75, 3.05) is 17.2 Å². The van der Waals surface area contributed by atoms with Gasteiger partial charge in [0.15, 0.2) is 0 Å². The fourth-order valence-electron chi connectivity index (χ4n) is 3.12. The lowest BCUT2D eigenvalue weighted by atomic mass is 10.1. The smallest absolute Gasteiger partial charge is 0.237 e. The van der Waals surface area contributed by atoms with Crippen molar-refractivity contribution >= 4 is 34.3 Å². The summed E-state index contributed by atoms with van der Waals surface area (Å²) in [4.78, 5) is 19.4. The highest BCUT2D eigenvalue weighted by Gasteiger charge is 2.15. The molecule has 0 saturated carbocycles. The summed E-state index contributed by atoms with van der Waals surface area (Å²) in [6, 6.07) is 16.4. The fraction of sp³-hybridized carbons (Fsp3) is 0.273. The minimum atomic E-state index is 0.104. The average molecular weight is 365 g/mol. The Morgan fingerprint density at radius 2 is 1.81 bits per heavy atom. The highest BCUT2D eigenvalue weighted by atomic mass is 32.2. The summed E-state index contributed by atoms with van der Waals surface area (Å²) >= 11 is 1.51. The largest absolute Gasteiger partial charge is 0.312 e. The molecular formula is C22H24N2OS. The molecule has 4 heteroatoms. The van der Waals surface area contributed by atoms with Crippen molar-refractivity contribution in [3.63, 3.8) is 0 Å². The molecule has 0 aliphatic heterocycles. The molecule has 1 heterocycles. The summed E-state index contributed by atoms with van der Waals surface area (Å²) in [6.07, 6.45) is 0. The molecule has 3 rings (SSSR count). The first-order chi connectivity index (χ1) is 12.5. The Morgan fingerprint density at radius 3 is 2.54 bits per heavy atom. The number of rotatable bonds is 5. The summed E-state index contributed by atoms with van der Waals surface area (Å²) in [5.74, 6) is 0.485. The average Bonchev–Trinajstić information content (AvgIpc) is 2.62. The molecule has 0 bridgehead atoms. The molecule has 0 N–H and O–H groups in total. The zero-order valence-corrected chi connectivity index (χ0v) is 16.6. The molecule has 0 spiro atoms. The van der Waals surface area contributed by atoms with E-state index in [2.05, 4.69) is 38.1 Å². The Hall–Kier alpha value is -2.33. The third-order valence-electron chi connectivity index (χ3n) is 4.50. The molecular weight excluding hydrogens is 340 g/mol. The minimum Gasteiger partial charge on any atom is -0.312 e. The molecule has 26 heavy (non-hydrogen) atoms. The van der Waals surface area contributed by atoms with Crippen LogP contribution in [-0.4, -0.2) is 23.2 Å². The SMILES string of the molecule is CCN(C(=O)CSc1cc(C)c2cccc(C)c2n1)c1cccc(C)c1. The zero-order valence-electron chi connectivity index (χ0n) is 15.7. The molecule has 2 aromatic carbocycles. The van der Waals surface area contributed by atoms with Crippen LogP contribution in [0.25, 0.3) is 10.9 Å². The lowest BCUT2D eigenvalue weighted by molar-refractivity contribution is -0.116. The van der Waals surface area contributed by atoms with E-state index >= 15 is 0 Å². The Kier molecular flexibility index (Phi) is 5.62. The summed E-state index contributed by atoms with van der Waals surface area (Å²) in [7, 11) is 0. The molecule has 3 nitrogen and oxygen atoms in total. The number of amides is 1. The lowest BCUT2D eigenvalue weighted by Gasteiger charge is -2.21. The van der Waals surface area contributed by atoms with Crippen molar-refractivity contribution in [1.29, 1.82) is 0 Å². The third kappa shape index (κ3) is 3.91. The second-order valence-electron chi connectivity index (χ2n) is 6.51. The van der Waals surface area contributed by atoms with E-state index in [9.17, 15) is 4.79 Å². The predicted molar refractivity (Wildman–Crippen MR) is 111 cm³/mol. The van der Waals surface area contributed by atoms with Crippen LogP contribution in [-0.2, 0) is 4.79 Å². The second-order valence-corrected chi connectivity index (χ2v) is 7.51. The van der Waals surface area contributed by atoms with E-state index in [4.69, 9.17) is 4.98 Å². The Balaban J connectivity index is 1.78. The van der Waals surface area contributed by atoms with Crippen LogP contribution < -0.4 is 4.90 Å². The maximum absolute atomic E-state index is 12.8. The monoisotopic (exact) mass is 364 g/mol. The summed E-state index contributed by atoms with van der Waals surface area (Å²) in [6.45, 7) is 8.88. The fourth-order valence-corrected chi connectivity index (χ4v) is 3.96. The van der Waals surface area contributed by atoms with E-state index in [1.54, 1.807) is 0 Å². The van der Waals surface area contributed by atoms with Crippen LogP contribution in [0.3, 0.4) is 0 Å². The minimum absolute atomic E-state index is 0.104. The van der Waals surface area contributed by atoms with Crippen LogP contribution in [0.4, 0.5) is 5.69 Å². The van der Waals surface area contributed by atoms with Crippen molar-refractivity contribution < 1.29 is 4.79 Å². The number of hydrogen-bond donors (Lipinski definition) is 0. The highest BCUT2D eigenvalue weighted by molar-refractivity contribution is 7.99. The highest BCUT2D eigenvalue weighted by Crippen LogP contribution is 2.26. The first-order valence-corrected chi connectivity index (χ1v) is 9.85. The molecule has 0 aliphatic carbocycles. The number of hydrogen-bond acceptors (Lipinski definition) is 3. The first kappa shape index (κ1) is 18.5. The topological polar surface area (TPSA) is 33.2 Å². The number of nitrogens with zero attached hydrogens (tertiary/aromatic N) is 2. The van der Waals surface area contributed by atoms with Crippen LogP contribution in [0.5, 0.6) is 0 Å². The van der Waals surface area contributed by atoms with E-state index in [-0.39, 0.29) is 5.91 Å². The van der Waals surface area contributed by atoms with Crippen molar-refractivity contribution in [1.82, 2.24) is 4.98 Å². The molecule has 3 aromatic rings. The molecule has 0 saturated heterocycles. The number of para-hydroxylation sites is 1. The van der Waals surface area contributed by atoms with Gasteiger partial charge < -0.3 is 4.90 Å². The van der Waals surface area contributed by atoms with Gasteiger partial charge >= 0.3 is 0 Å². The van der Waals surface area contributed by atoms with Gasteiger partial charge in [-0.15, -0.1) is 0 Å². The van der Waals surface area contributed by atoms with Crippen LogP contribution in [0.15, 0.2) is 53.6 Å². The maximum Gasteiger partial charge on any atom is 0.237 e. The Bertz CT molecular complexity index is 952.